The summed E-state index contributed by atoms with van der Waals surface area (Å²) in [7, 11) is 0. The molecule has 0 aliphatic heterocycles. The van der Waals surface area contributed by atoms with E-state index < -0.39 is 0 Å². The molecule has 24 heavy (non-hydrogen) atoms. The lowest BCUT2D eigenvalue weighted by molar-refractivity contribution is 0.534. The summed E-state index contributed by atoms with van der Waals surface area (Å²) >= 11 is 13.7. The number of aromatic nitrogens is 3. The number of aryl methyl sites for hydroxylation is 1. The first-order valence-electron chi connectivity index (χ1n) is 7.64. The van der Waals surface area contributed by atoms with Gasteiger partial charge in [0, 0.05) is 12.3 Å². The molecule has 4 nitrogen and oxygen atoms in total. The Labute approximate surface area is 155 Å². The highest BCUT2D eigenvalue weighted by atomic mass is 35.5. The molecule has 126 valence electrons. The summed E-state index contributed by atoms with van der Waals surface area (Å²) in [6.45, 7) is 4.93. The van der Waals surface area contributed by atoms with Gasteiger partial charge < -0.3 is 8.98 Å². The molecule has 0 aliphatic rings. The van der Waals surface area contributed by atoms with Crippen LogP contribution in [0.3, 0.4) is 0 Å². The molecule has 3 aromatic rings. The first kappa shape index (κ1) is 17.4. The Hall–Kier alpha value is -1.43. The predicted molar refractivity (Wildman–Crippen MR) is 98.8 cm³/mol. The van der Waals surface area contributed by atoms with Crippen LogP contribution in [0.1, 0.15) is 24.7 Å². The van der Waals surface area contributed by atoms with E-state index in [-0.39, 0.29) is 0 Å². The molecule has 0 bridgehead atoms. The maximum atomic E-state index is 6.08. The van der Waals surface area contributed by atoms with E-state index >= 15 is 0 Å². The Morgan fingerprint density at radius 2 is 2.00 bits per heavy atom. The number of rotatable bonds is 6. The molecule has 3 rings (SSSR count). The van der Waals surface area contributed by atoms with Gasteiger partial charge in [0.2, 0.25) is 0 Å². The average Bonchev–Trinajstić information content (AvgIpc) is 3.15. The standard InChI is InChI=1S/C17H17Cl2N3OS/c1-3-7-22-16(13-6-8-23-11(13)2)20-21-17(22)24-10-12-4-5-14(18)15(19)9-12/h4-6,8-9H,3,7,10H2,1-2H3. The average molecular weight is 382 g/mol. The van der Waals surface area contributed by atoms with Gasteiger partial charge in [-0.3, -0.25) is 0 Å². The van der Waals surface area contributed by atoms with Crippen molar-refractivity contribution in [1.82, 2.24) is 14.8 Å². The van der Waals surface area contributed by atoms with Crippen LogP contribution in [-0.4, -0.2) is 14.8 Å². The van der Waals surface area contributed by atoms with Crippen LogP contribution in [-0.2, 0) is 12.3 Å². The molecule has 0 N–H and O–H groups in total. The van der Waals surface area contributed by atoms with E-state index in [0.29, 0.717) is 10.0 Å². The maximum absolute atomic E-state index is 6.08. The van der Waals surface area contributed by atoms with Crippen LogP contribution in [0.2, 0.25) is 10.0 Å². The lowest BCUT2D eigenvalue weighted by Crippen LogP contribution is -2.02. The van der Waals surface area contributed by atoms with Crippen LogP contribution < -0.4 is 0 Å². The van der Waals surface area contributed by atoms with Gasteiger partial charge >= 0.3 is 0 Å². The van der Waals surface area contributed by atoms with Crippen LogP contribution >= 0.6 is 35.0 Å². The highest BCUT2D eigenvalue weighted by molar-refractivity contribution is 7.98. The van der Waals surface area contributed by atoms with Crippen LogP contribution in [0.5, 0.6) is 0 Å². The van der Waals surface area contributed by atoms with Gasteiger partial charge in [-0.2, -0.15) is 0 Å². The second-order valence-electron chi connectivity index (χ2n) is 5.39. The van der Waals surface area contributed by atoms with E-state index in [4.69, 9.17) is 27.6 Å². The molecule has 1 aromatic carbocycles. The second-order valence-corrected chi connectivity index (χ2v) is 7.14. The second kappa shape index (κ2) is 7.64. The van der Waals surface area contributed by atoms with Crippen LogP contribution in [0.15, 0.2) is 40.1 Å². The number of benzene rings is 1. The summed E-state index contributed by atoms with van der Waals surface area (Å²) in [6.07, 6.45) is 2.68. The minimum absolute atomic E-state index is 0.567. The van der Waals surface area contributed by atoms with Gasteiger partial charge in [-0.1, -0.05) is 48.0 Å². The summed E-state index contributed by atoms with van der Waals surface area (Å²) in [5.41, 5.74) is 2.08. The number of furan rings is 1. The van der Waals surface area contributed by atoms with Crippen molar-refractivity contribution >= 4 is 35.0 Å². The Bertz CT molecular complexity index is 844. The lowest BCUT2D eigenvalue weighted by atomic mass is 10.2. The summed E-state index contributed by atoms with van der Waals surface area (Å²) in [5, 5.41) is 10.8. The van der Waals surface area contributed by atoms with Crippen molar-refractivity contribution in [1.29, 1.82) is 0 Å². The van der Waals surface area contributed by atoms with Crippen LogP contribution in [0.4, 0.5) is 0 Å². The molecule has 0 unspecified atom stereocenters. The maximum Gasteiger partial charge on any atom is 0.191 e. The van der Waals surface area contributed by atoms with E-state index in [0.717, 1.165) is 46.6 Å². The van der Waals surface area contributed by atoms with Gasteiger partial charge in [-0.05, 0) is 37.1 Å². The zero-order chi connectivity index (χ0) is 17.1. The van der Waals surface area contributed by atoms with Gasteiger partial charge in [0.1, 0.15) is 5.76 Å². The predicted octanol–water partition coefficient (Wildman–Crippen LogP) is 5.86. The van der Waals surface area contributed by atoms with E-state index in [1.165, 1.54) is 0 Å². The Kier molecular flexibility index (Phi) is 5.54. The minimum Gasteiger partial charge on any atom is -0.469 e. The van der Waals surface area contributed by atoms with Gasteiger partial charge in [-0.15, -0.1) is 10.2 Å². The molecule has 0 aliphatic carbocycles. The molecule has 0 spiro atoms. The van der Waals surface area contributed by atoms with Crippen molar-refractivity contribution in [3.05, 3.63) is 51.9 Å². The van der Waals surface area contributed by atoms with Crippen molar-refractivity contribution in [2.24, 2.45) is 0 Å². The van der Waals surface area contributed by atoms with Gasteiger partial charge in [0.15, 0.2) is 11.0 Å². The fraction of sp³-hybridized carbons (Fsp3) is 0.294. The Balaban J connectivity index is 1.84. The number of hydrogen-bond acceptors (Lipinski definition) is 4. The molecule has 0 saturated heterocycles. The quantitative estimate of drug-likeness (QED) is 0.501. The third kappa shape index (κ3) is 3.63. The summed E-state index contributed by atoms with van der Waals surface area (Å²) in [5.74, 6) is 2.45. The number of thioether (sulfide) groups is 1. The molecule has 2 heterocycles. The molecule has 0 saturated carbocycles. The molecular formula is C17H17Cl2N3OS. The van der Waals surface area contributed by atoms with Crippen LogP contribution in [0.25, 0.3) is 11.4 Å². The minimum atomic E-state index is 0.567. The third-order valence-electron chi connectivity index (χ3n) is 3.62. The Morgan fingerprint density at radius 3 is 2.67 bits per heavy atom. The fourth-order valence-corrected chi connectivity index (χ4v) is 3.64. The number of nitrogens with zero attached hydrogens (tertiary/aromatic N) is 3. The van der Waals surface area contributed by atoms with E-state index in [1.54, 1.807) is 18.0 Å². The zero-order valence-corrected chi connectivity index (χ0v) is 15.8. The molecular weight excluding hydrogens is 365 g/mol. The molecule has 0 atom stereocenters. The molecule has 0 fully saturated rings. The first-order valence-corrected chi connectivity index (χ1v) is 9.38. The van der Waals surface area contributed by atoms with Crippen molar-refractivity contribution in [2.45, 2.75) is 37.7 Å². The molecule has 2 aromatic heterocycles. The van der Waals surface area contributed by atoms with Crippen molar-refractivity contribution in [3.63, 3.8) is 0 Å². The lowest BCUT2D eigenvalue weighted by Gasteiger charge is -2.08. The number of halogens is 2. The summed E-state index contributed by atoms with van der Waals surface area (Å²) < 4.78 is 7.54. The highest BCUT2D eigenvalue weighted by Crippen LogP contribution is 2.30. The van der Waals surface area contributed by atoms with Crippen LogP contribution in [0, 0.1) is 6.92 Å². The van der Waals surface area contributed by atoms with E-state index in [1.807, 2.05) is 31.2 Å². The first-order chi connectivity index (χ1) is 11.6. The monoisotopic (exact) mass is 381 g/mol. The summed E-state index contributed by atoms with van der Waals surface area (Å²) in [6, 6.07) is 7.61. The normalized spacial score (nSPS) is 11.2. The largest absolute Gasteiger partial charge is 0.469 e. The van der Waals surface area contributed by atoms with Gasteiger partial charge in [0.25, 0.3) is 0 Å². The van der Waals surface area contributed by atoms with Crippen molar-refractivity contribution < 1.29 is 4.42 Å². The van der Waals surface area contributed by atoms with Crippen molar-refractivity contribution in [3.8, 4) is 11.4 Å². The molecule has 0 radical (unpaired) electrons. The highest BCUT2D eigenvalue weighted by Gasteiger charge is 2.17. The fourth-order valence-electron chi connectivity index (χ4n) is 2.41. The zero-order valence-electron chi connectivity index (χ0n) is 13.4. The smallest absolute Gasteiger partial charge is 0.191 e. The number of hydrogen-bond donors (Lipinski definition) is 0. The van der Waals surface area contributed by atoms with E-state index in [9.17, 15) is 0 Å². The van der Waals surface area contributed by atoms with E-state index in [2.05, 4.69) is 21.7 Å². The third-order valence-corrected chi connectivity index (χ3v) is 5.39. The molecule has 0 amide bonds. The van der Waals surface area contributed by atoms with Gasteiger partial charge in [-0.25, -0.2) is 0 Å². The molecule has 7 heteroatoms. The topological polar surface area (TPSA) is 43.9 Å². The Morgan fingerprint density at radius 1 is 1.17 bits per heavy atom. The van der Waals surface area contributed by atoms with Gasteiger partial charge in [0.05, 0.1) is 21.9 Å². The SMILES string of the molecule is CCCn1c(SCc2ccc(Cl)c(Cl)c2)nnc1-c1ccoc1C. The van der Waals surface area contributed by atoms with Crippen molar-refractivity contribution in [2.75, 3.05) is 0 Å². The summed E-state index contributed by atoms with van der Waals surface area (Å²) in [4.78, 5) is 0.